The lowest BCUT2D eigenvalue weighted by Crippen LogP contribution is -2.44. The van der Waals surface area contributed by atoms with Crippen molar-refractivity contribution >= 4 is 14.3 Å². The van der Waals surface area contributed by atoms with E-state index in [1.54, 1.807) is 0 Å². The van der Waals surface area contributed by atoms with Crippen LogP contribution in [-0.4, -0.2) is 20.9 Å². The summed E-state index contributed by atoms with van der Waals surface area (Å²) in [6.45, 7) is 11.7. The molecule has 1 heterocycles. The predicted molar refractivity (Wildman–Crippen MR) is 87.0 cm³/mol. The number of rotatable bonds is 4. The van der Waals surface area contributed by atoms with E-state index >= 15 is 0 Å². The van der Waals surface area contributed by atoms with E-state index in [-0.39, 0.29) is 16.9 Å². The highest BCUT2D eigenvalue weighted by Gasteiger charge is 2.39. The van der Waals surface area contributed by atoms with E-state index in [0.717, 1.165) is 17.7 Å². The molecule has 21 heavy (non-hydrogen) atoms. The van der Waals surface area contributed by atoms with Crippen molar-refractivity contribution in [3.63, 3.8) is 0 Å². The lowest BCUT2D eigenvalue weighted by Gasteiger charge is -2.37. The zero-order valence-electron chi connectivity index (χ0n) is 13.7. The molecule has 3 nitrogen and oxygen atoms in total. The molecule has 1 aliphatic heterocycles. The van der Waals surface area contributed by atoms with Crippen LogP contribution in [0.3, 0.4) is 0 Å². The number of carbonyl (C=O) groups is 1. The molecule has 0 N–H and O–H groups in total. The zero-order chi connectivity index (χ0) is 15.7. The number of hydrogen-bond acceptors (Lipinski definition) is 3. The van der Waals surface area contributed by atoms with Gasteiger partial charge in [-0.25, -0.2) is 0 Å². The smallest absolute Gasteiger partial charge is 0.309 e. The van der Waals surface area contributed by atoms with Gasteiger partial charge < -0.3 is 9.16 Å². The Morgan fingerprint density at radius 2 is 1.95 bits per heavy atom. The molecule has 0 aliphatic carbocycles. The molecular formula is C17H26O3Si. The lowest BCUT2D eigenvalue weighted by atomic mass is 9.98. The Kier molecular flexibility index (Phi) is 4.47. The molecule has 0 saturated carbocycles. The summed E-state index contributed by atoms with van der Waals surface area (Å²) in [6, 6.07) is 8.09. The van der Waals surface area contributed by atoms with Gasteiger partial charge in [0.2, 0.25) is 8.32 Å². The number of cyclic esters (lactones) is 1. The first kappa shape index (κ1) is 16.1. The summed E-state index contributed by atoms with van der Waals surface area (Å²) in [7, 11) is -1.87. The summed E-state index contributed by atoms with van der Waals surface area (Å²) < 4.78 is 11.5. The molecule has 1 aromatic carbocycles. The lowest BCUT2D eigenvalue weighted by molar-refractivity contribution is -0.141. The minimum Gasteiger partial charge on any atom is -0.543 e. The second-order valence-electron chi connectivity index (χ2n) is 7.33. The van der Waals surface area contributed by atoms with E-state index in [1.807, 2.05) is 18.2 Å². The molecule has 0 spiro atoms. The molecule has 0 amide bonds. The van der Waals surface area contributed by atoms with Gasteiger partial charge in [-0.1, -0.05) is 39.0 Å². The van der Waals surface area contributed by atoms with Crippen LogP contribution in [0.15, 0.2) is 24.3 Å². The van der Waals surface area contributed by atoms with Crippen LogP contribution < -0.4 is 4.43 Å². The number of ether oxygens (including phenoxy) is 1. The third kappa shape index (κ3) is 3.67. The molecule has 0 radical (unpaired) electrons. The van der Waals surface area contributed by atoms with Gasteiger partial charge in [-0.3, -0.25) is 4.79 Å². The Morgan fingerprint density at radius 1 is 1.29 bits per heavy atom. The zero-order valence-corrected chi connectivity index (χ0v) is 14.7. The van der Waals surface area contributed by atoms with Crippen LogP contribution >= 0.6 is 0 Å². The number of benzene rings is 1. The fourth-order valence-corrected chi connectivity index (χ4v) is 3.24. The van der Waals surface area contributed by atoms with Crippen LogP contribution in [0.25, 0.3) is 0 Å². The summed E-state index contributed by atoms with van der Waals surface area (Å²) in [5.41, 5.74) is 1.12. The first-order chi connectivity index (χ1) is 9.71. The van der Waals surface area contributed by atoms with Gasteiger partial charge in [0.15, 0.2) is 0 Å². The van der Waals surface area contributed by atoms with E-state index in [1.165, 1.54) is 0 Å². The first-order valence-corrected chi connectivity index (χ1v) is 10.5. The van der Waals surface area contributed by atoms with Crippen molar-refractivity contribution in [2.24, 2.45) is 5.92 Å². The maximum atomic E-state index is 11.7. The maximum Gasteiger partial charge on any atom is 0.309 e. The quantitative estimate of drug-likeness (QED) is 0.618. The van der Waals surface area contributed by atoms with Gasteiger partial charge in [-0.2, -0.15) is 0 Å². The Bertz CT molecular complexity index is 517. The van der Waals surface area contributed by atoms with E-state index in [0.29, 0.717) is 13.0 Å². The molecule has 116 valence electrons. The molecule has 2 rings (SSSR count). The molecule has 0 aromatic heterocycles. The van der Waals surface area contributed by atoms with Crippen LogP contribution in [0.5, 0.6) is 5.75 Å². The van der Waals surface area contributed by atoms with Crippen LogP contribution in [0.4, 0.5) is 0 Å². The van der Waals surface area contributed by atoms with Crippen molar-refractivity contribution in [3.8, 4) is 5.75 Å². The molecule has 0 bridgehead atoms. The van der Waals surface area contributed by atoms with Crippen molar-refractivity contribution < 1.29 is 14.0 Å². The third-order valence-corrected chi connectivity index (χ3v) is 9.00. The van der Waals surface area contributed by atoms with Gasteiger partial charge in [-0.05, 0) is 42.6 Å². The second kappa shape index (κ2) is 5.83. The second-order valence-corrected chi connectivity index (χ2v) is 12.1. The van der Waals surface area contributed by atoms with Crippen molar-refractivity contribution in [3.05, 3.63) is 29.8 Å². The van der Waals surface area contributed by atoms with Gasteiger partial charge in [0.05, 0.1) is 12.5 Å². The van der Waals surface area contributed by atoms with Crippen LogP contribution in [0, 0.1) is 5.92 Å². The summed E-state index contributed by atoms with van der Waals surface area (Å²) in [6.07, 6.45) is 1.52. The summed E-state index contributed by atoms with van der Waals surface area (Å²) in [4.78, 5) is 11.7. The van der Waals surface area contributed by atoms with Gasteiger partial charge >= 0.3 is 5.97 Å². The molecular weight excluding hydrogens is 280 g/mol. The average molecular weight is 306 g/mol. The number of hydrogen-bond donors (Lipinski definition) is 0. The standard InChI is InChI=1S/C17H26O3Si/c1-17(2,3)21(4,5)20-15-9-7-6-8-13(15)12-14-10-11-19-16(14)18/h6-9,14H,10-12H2,1-5H3. The Balaban J connectivity index is 2.19. The van der Waals surface area contributed by atoms with E-state index in [9.17, 15) is 4.79 Å². The fraction of sp³-hybridized carbons (Fsp3) is 0.588. The summed E-state index contributed by atoms with van der Waals surface area (Å²) in [5, 5.41) is 0.159. The Hall–Kier alpha value is -1.29. The van der Waals surface area contributed by atoms with Gasteiger partial charge in [0.25, 0.3) is 0 Å². The first-order valence-electron chi connectivity index (χ1n) is 7.64. The van der Waals surface area contributed by atoms with Crippen LogP contribution in [-0.2, 0) is 16.0 Å². The monoisotopic (exact) mass is 306 g/mol. The highest BCUT2D eigenvalue weighted by atomic mass is 28.4. The summed E-state index contributed by atoms with van der Waals surface area (Å²) in [5.74, 6) is 0.843. The number of carbonyl (C=O) groups excluding carboxylic acids is 1. The number of para-hydroxylation sites is 1. The highest BCUT2D eigenvalue weighted by molar-refractivity contribution is 6.74. The molecule has 4 heteroatoms. The van der Waals surface area contributed by atoms with Crippen LogP contribution in [0.1, 0.15) is 32.8 Å². The molecule has 1 fully saturated rings. The van der Waals surface area contributed by atoms with E-state index in [2.05, 4.69) is 39.9 Å². The normalized spacial score (nSPS) is 19.5. The van der Waals surface area contributed by atoms with Gasteiger partial charge in [0.1, 0.15) is 5.75 Å². The maximum absolute atomic E-state index is 11.7. The average Bonchev–Trinajstić information content (AvgIpc) is 2.76. The molecule has 1 aliphatic rings. The Labute approximate surface area is 128 Å². The largest absolute Gasteiger partial charge is 0.543 e. The van der Waals surface area contributed by atoms with Crippen molar-refractivity contribution in [1.29, 1.82) is 0 Å². The van der Waals surface area contributed by atoms with Gasteiger partial charge in [0, 0.05) is 0 Å². The van der Waals surface area contributed by atoms with Crippen molar-refractivity contribution in [2.45, 2.75) is 51.7 Å². The van der Waals surface area contributed by atoms with Crippen molar-refractivity contribution in [2.75, 3.05) is 6.61 Å². The molecule has 1 unspecified atom stereocenters. The Morgan fingerprint density at radius 3 is 2.52 bits per heavy atom. The van der Waals surface area contributed by atoms with Crippen molar-refractivity contribution in [1.82, 2.24) is 0 Å². The minimum absolute atomic E-state index is 0.0193. The van der Waals surface area contributed by atoms with E-state index in [4.69, 9.17) is 9.16 Å². The fourth-order valence-electron chi connectivity index (χ4n) is 2.19. The van der Waals surface area contributed by atoms with Gasteiger partial charge in [-0.15, -0.1) is 0 Å². The molecule has 1 saturated heterocycles. The van der Waals surface area contributed by atoms with E-state index < -0.39 is 8.32 Å². The topological polar surface area (TPSA) is 35.5 Å². The predicted octanol–water partition coefficient (Wildman–Crippen LogP) is 4.18. The molecule has 1 aromatic rings. The molecule has 1 atom stereocenters. The number of esters is 1. The highest BCUT2D eigenvalue weighted by Crippen LogP contribution is 2.38. The minimum atomic E-state index is -1.87. The van der Waals surface area contributed by atoms with Crippen LogP contribution in [0.2, 0.25) is 18.1 Å². The third-order valence-electron chi connectivity index (χ3n) is 4.65. The SMILES string of the molecule is CC(C)(C)[Si](C)(C)Oc1ccccc1CC1CCOC1=O. The summed E-state index contributed by atoms with van der Waals surface area (Å²) >= 11 is 0.